The molecule has 3 heteroatoms. The molecule has 0 unspecified atom stereocenters. The first-order valence-electron chi connectivity index (χ1n) is 4.27. The van der Waals surface area contributed by atoms with E-state index in [9.17, 15) is 0 Å². The summed E-state index contributed by atoms with van der Waals surface area (Å²) in [6.45, 7) is 0.831. The van der Waals surface area contributed by atoms with Crippen LogP contribution in [0.2, 0.25) is 0 Å². The Kier molecular flexibility index (Phi) is 3.77. The highest BCUT2D eigenvalue weighted by Crippen LogP contribution is 2.46. The molecule has 1 aliphatic carbocycles. The summed E-state index contributed by atoms with van der Waals surface area (Å²) in [5, 5.41) is 0. The van der Waals surface area contributed by atoms with E-state index < -0.39 is 0 Å². The first kappa shape index (κ1) is 11.0. The van der Waals surface area contributed by atoms with Gasteiger partial charge in [-0.05, 0) is 42.5 Å². The van der Waals surface area contributed by atoms with E-state index >= 15 is 0 Å². The Labute approximate surface area is 93.2 Å². The van der Waals surface area contributed by atoms with Gasteiger partial charge in [0.05, 0.1) is 0 Å². The van der Waals surface area contributed by atoms with Gasteiger partial charge in [-0.15, -0.1) is 12.4 Å². The van der Waals surface area contributed by atoms with Crippen LogP contribution >= 0.6 is 28.3 Å². The molecule has 0 spiro atoms. The Morgan fingerprint density at radius 1 is 1.46 bits per heavy atom. The Bertz CT molecular complexity index is 290. The Morgan fingerprint density at radius 2 is 2.23 bits per heavy atom. The average molecular weight is 263 g/mol. The lowest BCUT2D eigenvalue weighted by Gasteiger charge is -1.98. The monoisotopic (exact) mass is 261 g/mol. The largest absolute Gasteiger partial charge is 0.330 e. The highest BCUT2D eigenvalue weighted by atomic mass is 79.9. The predicted molar refractivity (Wildman–Crippen MR) is 61.3 cm³/mol. The number of nitrogens with two attached hydrogens (primary N) is 1. The molecule has 0 saturated heterocycles. The van der Waals surface area contributed by atoms with E-state index in [1.165, 1.54) is 16.5 Å². The number of hydrogen-bond donors (Lipinski definition) is 1. The van der Waals surface area contributed by atoms with Crippen molar-refractivity contribution in [3.63, 3.8) is 0 Å². The van der Waals surface area contributed by atoms with E-state index in [1.807, 2.05) is 0 Å². The molecule has 1 saturated carbocycles. The van der Waals surface area contributed by atoms with Crippen LogP contribution in [0.4, 0.5) is 0 Å². The molecule has 0 heterocycles. The van der Waals surface area contributed by atoms with Gasteiger partial charge in [0.2, 0.25) is 0 Å². The molecule has 1 aromatic carbocycles. The van der Waals surface area contributed by atoms with Crippen LogP contribution in [0.3, 0.4) is 0 Å². The van der Waals surface area contributed by atoms with Gasteiger partial charge >= 0.3 is 0 Å². The molecule has 2 N–H and O–H groups in total. The molecule has 0 aliphatic heterocycles. The van der Waals surface area contributed by atoms with E-state index in [0.717, 1.165) is 18.4 Å². The molecule has 0 aromatic heterocycles. The van der Waals surface area contributed by atoms with Crippen LogP contribution in [0.1, 0.15) is 17.9 Å². The van der Waals surface area contributed by atoms with Crippen molar-refractivity contribution in [3.8, 4) is 0 Å². The third kappa shape index (κ3) is 2.46. The van der Waals surface area contributed by atoms with Gasteiger partial charge in [-0.3, -0.25) is 0 Å². The average Bonchev–Trinajstić information content (AvgIpc) is 2.83. The van der Waals surface area contributed by atoms with Gasteiger partial charge < -0.3 is 5.73 Å². The van der Waals surface area contributed by atoms with Crippen molar-refractivity contribution >= 4 is 28.3 Å². The maximum atomic E-state index is 5.59. The van der Waals surface area contributed by atoms with Crippen LogP contribution in [0.25, 0.3) is 0 Å². The molecular formula is C10H13BrClN. The normalized spacial score (nSPS) is 25.1. The fraction of sp³-hybridized carbons (Fsp3) is 0.400. The van der Waals surface area contributed by atoms with Gasteiger partial charge in [0.1, 0.15) is 0 Å². The highest BCUT2D eigenvalue weighted by Gasteiger charge is 2.36. The molecule has 0 radical (unpaired) electrons. The lowest BCUT2D eigenvalue weighted by molar-refractivity contribution is 0.809. The molecule has 1 nitrogen and oxygen atoms in total. The summed E-state index contributed by atoms with van der Waals surface area (Å²) < 4.78 is 1.17. The number of benzene rings is 1. The molecule has 1 aliphatic rings. The van der Waals surface area contributed by atoms with Crippen LogP contribution in [0.5, 0.6) is 0 Å². The van der Waals surface area contributed by atoms with Gasteiger partial charge in [-0.1, -0.05) is 28.1 Å². The van der Waals surface area contributed by atoms with Crippen LogP contribution in [0.15, 0.2) is 28.7 Å². The van der Waals surface area contributed by atoms with Crippen molar-refractivity contribution in [1.82, 2.24) is 0 Å². The minimum Gasteiger partial charge on any atom is -0.330 e. The predicted octanol–water partition coefficient (Wildman–Crippen LogP) is 2.93. The van der Waals surface area contributed by atoms with Gasteiger partial charge in [0, 0.05) is 4.47 Å². The highest BCUT2D eigenvalue weighted by molar-refractivity contribution is 9.10. The van der Waals surface area contributed by atoms with Crippen LogP contribution in [0, 0.1) is 5.92 Å². The number of rotatable bonds is 2. The van der Waals surface area contributed by atoms with Gasteiger partial charge in [0.15, 0.2) is 0 Å². The van der Waals surface area contributed by atoms with Gasteiger partial charge in [-0.25, -0.2) is 0 Å². The van der Waals surface area contributed by atoms with Crippen LogP contribution in [-0.2, 0) is 0 Å². The molecule has 2 rings (SSSR count). The molecule has 1 aromatic rings. The van der Waals surface area contributed by atoms with Crippen molar-refractivity contribution in [3.05, 3.63) is 34.3 Å². The Balaban J connectivity index is 0.000000845. The Hall–Kier alpha value is -0.0500. The smallest absolute Gasteiger partial charge is 0.0178 e. The maximum Gasteiger partial charge on any atom is 0.0178 e. The zero-order valence-electron chi connectivity index (χ0n) is 7.24. The second-order valence-corrected chi connectivity index (χ2v) is 4.31. The summed E-state index contributed by atoms with van der Waals surface area (Å²) in [5.74, 6) is 1.46. The second kappa shape index (κ2) is 4.45. The molecule has 1 fully saturated rings. The molecular weight excluding hydrogens is 249 g/mol. The lowest BCUT2D eigenvalue weighted by atomic mass is 10.1. The summed E-state index contributed by atoms with van der Waals surface area (Å²) in [5.41, 5.74) is 7.02. The Morgan fingerprint density at radius 3 is 2.77 bits per heavy atom. The summed E-state index contributed by atoms with van der Waals surface area (Å²) in [4.78, 5) is 0. The van der Waals surface area contributed by atoms with E-state index in [4.69, 9.17) is 5.73 Å². The summed E-state index contributed by atoms with van der Waals surface area (Å²) >= 11 is 3.47. The molecule has 72 valence electrons. The fourth-order valence-corrected chi connectivity index (χ4v) is 2.07. The molecule has 2 atom stereocenters. The minimum atomic E-state index is 0. The standard InChI is InChI=1S/C10H12BrN.ClH/c11-9-3-1-2-7(4-9)10-5-8(10)6-12;/h1-4,8,10H,5-6,12H2;1H/t8-,10-;/m0./s1. The second-order valence-electron chi connectivity index (χ2n) is 3.39. The van der Waals surface area contributed by atoms with Gasteiger partial charge in [-0.2, -0.15) is 0 Å². The van der Waals surface area contributed by atoms with Crippen molar-refractivity contribution in [2.24, 2.45) is 11.7 Å². The van der Waals surface area contributed by atoms with Crippen molar-refractivity contribution in [2.45, 2.75) is 12.3 Å². The number of halogens is 2. The first-order valence-corrected chi connectivity index (χ1v) is 5.06. The van der Waals surface area contributed by atoms with E-state index in [0.29, 0.717) is 0 Å². The quantitative estimate of drug-likeness (QED) is 0.871. The summed E-state index contributed by atoms with van der Waals surface area (Å²) in [6.07, 6.45) is 1.27. The van der Waals surface area contributed by atoms with Crippen molar-refractivity contribution < 1.29 is 0 Å². The molecule has 0 bridgehead atoms. The maximum absolute atomic E-state index is 5.59. The van der Waals surface area contributed by atoms with E-state index in [-0.39, 0.29) is 12.4 Å². The number of hydrogen-bond acceptors (Lipinski definition) is 1. The first-order chi connectivity index (χ1) is 5.81. The summed E-state index contributed by atoms with van der Waals surface area (Å²) in [7, 11) is 0. The van der Waals surface area contributed by atoms with Crippen molar-refractivity contribution in [1.29, 1.82) is 0 Å². The van der Waals surface area contributed by atoms with E-state index in [2.05, 4.69) is 40.2 Å². The van der Waals surface area contributed by atoms with Crippen LogP contribution < -0.4 is 5.73 Å². The van der Waals surface area contributed by atoms with E-state index in [1.54, 1.807) is 0 Å². The minimum absolute atomic E-state index is 0. The van der Waals surface area contributed by atoms with Crippen molar-refractivity contribution in [2.75, 3.05) is 6.54 Å². The SMILES string of the molecule is Cl.NC[C@@H]1C[C@H]1c1cccc(Br)c1. The van der Waals surface area contributed by atoms with Crippen LogP contribution in [-0.4, -0.2) is 6.54 Å². The van der Waals surface area contributed by atoms with Gasteiger partial charge in [0.25, 0.3) is 0 Å². The third-order valence-electron chi connectivity index (χ3n) is 2.50. The molecule has 13 heavy (non-hydrogen) atoms. The zero-order chi connectivity index (χ0) is 8.55. The third-order valence-corrected chi connectivity index (χ3v) is 3.00. The lowest BCUT2D eigenvalue weighted by Crippen LogP contribution is -2.01. The summed E-state index contributed by atoms with van der Waals surface area (Å²) in [6, 6.07) is 8.53. The fourth-order valence-electron chi connectivity index (χ4n) is 1.65. The topological polar surface area (TPSA) is 26.0 Å². The zero-order valence-corrected chi connectivity index (χ0v) is 9.64. The molecule has 0 amide bonds.